The van der Waals surface area contributed by atoms with Crippen molar-refractivity contribution >= 4 is 16.9 Å². The largest absolute Gasteiger partial charge is 0.497 e. The first kappa shape index (κ1) is 21.1. The van der Waals surface area contributed by atoms with Crippen LogP contribution in [-0.2, 0) is 11.3 Å². The van der Waals surface area contributed by atoms with Gasteiger partial charge < -0.3 is 19.2 Å². The molecule has 1 N–H and O–H groups in total. The number of fused-ring (bicyclic) bond motifs is 1. The molecule has 2 heterocycles. The van der Waals surface area contributed by atoms with Crippen LogP contribution in [0.25, 0.3) is 22.1 Å². The maximum absolute atomic E-state index is 12.4. The van der Waals surface area contributed by atoms with Gasteiger partial charge in [-0.2, -0.15) is 0 Å². The highest BCUT2D eigenvalue weighted by molar-refractivity contribution is 5.94. The number of hydrogen-bond donors (Lipinski definition) is 1. The number of hydrogen-bond acceptors (Lipinski definition) is 6. The third-order valence-electron chi connectivity index (χ3n) is 4.99. The van der Waals surface area contributed by atoms with Crippen LogP contribution in [0.4, 0.5) is 0 Å². The molecule has 1 amide bonds. The third-order valence-corrected chi connectivity index (χ3v) is 4.99. The molecule has 162 valence electrons. The van der Waals surface area contributed by atoms with E-state index in [2.05, 4.69) is 10.3 Å². The van der Waals surface area contributed by atoms with Crippen LogP contribution in [-0.4, -0.2) is 24.1 Å². The molecule has 7 heteroatoms. The van der Waals surface area contributed by atoms with Gasteiger partial charge >= 0.3 is 5.63 Å². The molecule has 7 nitrogen and oxygen atoms in total. The Hall–Kier alpha value is -4.13. The Bertz CT molecular complexity index is 1280. The van der Waals surface area contributed by atoms with Gasteiger partial charge in [-0.15, -0.1) is 0 Å². The van der Waals surface area contributed by atoms with Crippen molar-refractivity contribution in [2.75, 3.05) is 7.11 Å². The van der Waals surface area contributed by atoms with Crippen molar-refractivity contribution in [3.8, 4) is 22.6 Å². The summed E-state index contributed by atoms with van der Waals surface area (Å²) >= 11 is 0. The lowest BCUT2D eigenvalue weighted by Crippen LogP contribution is -2.35. The summed E-state index contributed by atoms with van der Waals surface area (Å²) in [5.74, 6) is 0.895. The molecule has 0 aliphatic heterocycles. The van der Waals surface area contributed by atoms with Gasteiger partial charge in [0.15, 0.2) is 6.10 Å². The lowest BCUT2D eigenvalue weighted by Gasteiger charge is -2.15. The summed E-state index contributed by atoms with van der Waals surface area (Å²) in [5.41, 5.74) is 2.41. The molecular weight excluding hydrogens is 408 g/mol. The molecule has 0 saturated heterocycles. The molecule has 4 rings (SSSR count). The molecule has 0 radical (unpaired) electrons. The number of carbonyl (C=O) groups is 1. The number of methoxy groups -OCH3 is 1. The average Bonchev–Trinajstić information content (AvgIpc) is 2.82. The van der Waals surface area contributed by atoms with Crippen LogP contribution >= 0.6 is 0 Å². The summed E-state index contributed by atoms with van der Waals surface area (Å²) in [6, 6.07) is 17.8. The summed E-state index contributed by atoms with van der Waals surface area (Å²) in [4.78, 5) is 28.6. The molecule has 32 heavy (non-hydrogen) atoms. The number of rotatable bonds is 7. The van der Waals surface area contributed by atoms with E-state index in [0.29, 0.717) is 17.9 Å². The van der Waals surface area contributed by atoms with Crippen LogP contribution in [0.1, 0.15) is 12.5 Å². The molecule has 1 atom stereocenters. The second-order valence-corrected chi connectivity index (χ2v) is 7.20. The highest BCUT2D eigenvalue weighted by Crippen LogP contribution is 2.31. The van der Waals surface area contributed by atoms with Crippen molar-refractivity contribution in [1.29, 1.82) is 0 Å². The highest BCUT2D eigenvalue weighted by atomic mass is 16.5. The van der Waals surface area contributed by atoms with Gasteiger partial charge in [0.2, 0.25) is 0 Å². The average molecular weight is 430 g/mol. The van der Waals surface area contributed by atoms with E-state index in [1.54, 1.807) is 38.6 Å². The van der Waals surface area contributed by atoms with Crippen molar-refractivity contribution in [3.63, 3.8) is 0 Å². The fraction of sp³-hybridized carbons (Fsp3) is 0.160. The second-order valence-electron chi connectivity index (χ2n) is 7.20. The smallest absolute Gasteiger partial charge is 0.336 e. The maximum atomic E-state index is 12.4. The lowest BCUT2D eigenvalue weighted by molar-refractivity contribution is -0.127. The van der Waals surface area contributed by atoms with Gasteiger partial charge in [0.05, 0.1) is 7.11 Å². The van der Waals surface area contributed by atoms with Gasteiger partial charge in [0.1, 0.15) is 17.1 Å². The zero-order valence-electron chi connectivity index (χ0n) is 17.7. The predicted octanol–water partition coefficient (Wildman–Crippen LogP) is 3.95. The summed E-state index contributed by atoms with van der Waals surface area (Å²) in [6.07, 6.45) is 2.63. The molecule has 0 unspecified atom stereocenters. The summed E-state index contributed by atoms with van der Waals surface area (Å²) in [5, 5.41) is 3.58. The number of aromatic nitrogens is 1. The molecule has 2 aromatic heterocycles. The van der Waals surface area contributed by atoms with E-state index in [-0.39, 0.29) is 5.91 Å². The van der Waals surface area contributed by atoms with E-state index in [9.17, 15) is 9.59 Å². The number of benzene rings is 2. The van der Waals surface area contributed by atoms with Crippen LogP contribution in [0, 0.1) is 0 Å². The minimum Gasteiger partial charge on any atom is -0.497 e. The zero-order valence-corrected chi connectivity index (χ0v) is 17.7. The molecule has 0 fully saturated rings. The molecule has 0 spiro atoms. The second kappa shape index (κ2) is 9.34. The lowest BCUT2D eigenvalue weighted by atomic mass is 10.0. The molecule has 4 aromatic rings. The Morgan fingerprint density at radius 1 is 1.09 bits per heavy atom. The Morgan fingerprint density at radius 2 is 1.88 bits per heavy atom. The van der Waals surface area contributed by atoms with E-state index in [0.717, 1.165) is 27.8 Å². The number of ether oxygens (including phenoxy) is 2. The van der Waals surface area contributed by atoms with Crippen LogP contribution < -0.4 is 20.4 Å². The Morgan fingerprint density at radius 3 is 2.59 bits per heavy atom. The number of nitrogens with zero attached hydrogens (tertiary/aromatic N) is 1. The van der Waals surface area contributed by atoms with Crippen molar-refractivity contribution in [1.82, 2.24) is 10.3 Å². The maximum Gasteiger partial charge on any atom is 0.336 e. The Kier molecular flexibility index (Phi) is 6.17. The predicted molar refractivity (Wildman–Crippen MR) is 121 cm³/mol. The summed E-state index contributed by atoms with van der Waals surface area (Å²) in [7, 11) is 1.60. The van der Waals surface area contributed by atoms with Crippen molar-refractivity contribution < 1.29 is 18.7 Å². The Balaban J connectivity index is 1.53. The monoisotopic (exact) mass is 430 g/mol. The van der Waals surface area contributed by atoms with Gasteiger partial charge in [0.25, 0.3) is 5.91 Å². The third kappa shape index (κ3) is 4.78. The number of nitrogens with one attached hydrogen (secondary N) is 1. The van der Waals surface area contributed by atoms with Crippen molar-refractivity contribution in [2.24, 2.45) is 0 Å². The van der Waals surface area contributed by atoms with Crippen LogP contribution in [0.2, 0.25) is 0 Å². The van der Waals surface area contributed by atoms with Gasteiger partial charge in [-0.05, 0) is 53.9 Å². The normalized spacial score (nSPS) is 11.7. The Labute approximate surface area is 184 Å². The SMILES string of the molecule is COc1ccc(-c2cc(=O)oc3cc(O[C@@H](C)C(=O)NCc4cccnc4)ccc23)cc1. The van der Waals surface area contributed by atoms with Crippen molar-refractivity contribution in [2.45, 2.75) is 19.6 Å². The van der Waals surface area contributed by atoms with E-state index in [1.807, 2.05) is 42.5 Å². The zero-order chi connectivity index (χ0) is 22.5. The molecule has 2 aromatic carbocycles. The van der Waals surface area contributed by atoms with Crippen LogP contribution in [0.3, 0.4) is 0 Å². The van der Waals surface area contributed by atoms with Gasteiger partial charge in [0, 0.05) is 36.5 Å². The number of amides is 1. The van der Waals surface area contributed by atoms with Crippen LogP contribution in [0.5, 0.6) is 11.5 Å². The van der Waals surface area contributed by atoms with Crippen LogP contribution in [0.15, 0.2) is 82.3 Å². The standard InChI is InChI=1S/C25H22N2O5/c1-16(25(29)27-15-17-4-3-11-26-14-17)31-20-9-10-21-22(13-24(28)32-23(21)12-20)18-5-7-19(30-2)8-6-18/h3-14,16H,15H2,1-2H3,(H,27,29)/t16-/m0/s1. The topological polar surface area (TPSA) is 90.7 Å². The first-order chi connectivity index (χ1) is 15.5. The van der Waals surface area contributed by atoms with E-state index < -0.39 is 11.7 Å². The van der Waals surface area contributed by atoms with Crippen molar-refractivity contribution in [3.05, 3.63) is 89.0 Å². The summed E-state index contributed by atoms with van der Waals surface area (Å²) in [6.45, 7) is 2.02. The molecule has 0 saturated carbocycles. The van der Waals surface area contributed by atoms with E-state index in [4.69, 9.17) is 13.9 Å². The fourth-order valence-electron chi connectivity index (χ4n) is 3.32. The molecular formula is C25H22N2O5. The molecule has 0 aliphatic carbocycles. The first-order valence-corrected chi connectivity index (χ1v) is 10.1. The van der Waals surface area contributed by atoms with Gasteiger partial charge in [-0.3, -0.25) is 9.78 Å². The number of pyridine rings is 1. The van der Waals surface area contributed by atoms with Gasteiger partial charge in [-0.25, -0.2) is 4.79 Å². The first-order valence-electron chi connectivity index (χ1n) is 10.1. The minimum atomic E-state index is -0.736. The van der Waals surface area contributed by atoms with Gasteiger partial charge in [-0.1, -0.05) is 18.2 Å². The summed E-state index contributed by atoms with van der Waals surface area (Å²) < 4.78 is 16.4. The minimum absolute atomic E-state index is 0.262. The fourth-order valence-corrected chi connectivity index (χ4v) is 3.32. The molecule has 0 aliphatic rings. The van der Waals surface area contributed by atoms with E-state index >= 15 is 0 Å². The number of carbonyl (C=O) groups excluding carboxylic acids is 1. The molecule has 0 bridgehead atoms. The van der Waals surface area contributed by atoms with E-state index in [1.165, 1.54) is 6.07 Å². The quantitative estimate of drug-likeness (QED) is 0.447. The highest BCUT2D eigenvalue weighted by Gasteiger charge is 2.16.